The van der Waals surface area contributed by atoms with Gasteiger partial charge in [0.25, 0.3) is 0 Å². The van der Waals surface area contributed by atoms with E-state index in [2.05, 4.69) is 0 Å². The minimum absolute atomic E-state index is 0.134. The van der Waals surface area contributed by atoms with Crippen molar-refractivity contribution in [2.75, 3.05) is 13.1 Å². The fraction of sp³-hybridized carbons (Fsp3) is 0.533. The zero-order valence-corrected chi connectivity index (χ0v) is 11.8. The average molecular weight is 311 g/mol. The van der Waals surface area contributed by atoms with Crippen LogP contribution in [-0.2, 0) is 4.74 Å². The molecule has 2 heterocycles. The molecule has 0 spiro atoms. The highest BCUT2D eigenvalue weighted by Crippen LogP contribution is 2.30. The van der Waals surface area contributed by atoms with Crippen molar-refractivity contribution in [3.8, 4) is 0 Å². The standard InChI is InChI=1S/C15H18FNO5/c16-9-3-1-8(2-4-9)15(21)22-14-11(19)7-17-6-5-10(18)12(17)13(14)20/h1-4,10-14,18-20H,5-7H2/t10-,11-,12+,13+,14+/m0/s1. The van der Waals surface area contributed by atoms with Gasteiger partial charge in [0.05, 0.1) is 17.7 Å². The molecule has 2 fully saturated rings. The number of hydrogen-bond acceptors (Lipinski definition) is 6. The van der Waals surface area contributed by atoms with Crippen molar-refractivity contribution in [3.05, 3.63) is 35.6 Å². The Morgan fingerprint density at radius 1 is 1.18 bits per heavy atom. The highest BCUT2D eigenvalue weighted by Gasteiger charge is 2.49. The van der Waals surface area contributed by atoms with E-state index in [-0.39, 0.29) is 12.1 Å². The molecule has 0 aromatic heterocycles. The molecule has 0 bridgehead atoms. The third-order valence-corrected chi connectivity index (χ3v) is 4.34. The van der Waals surface area contributed by atoms with E-state index in [1.165, 1.54) is 12.1 Å². The van der Waals surface area contributed by atoms with E-state index >= 15 is 0 Å². The van der Waals surface area contributed by atoms with Gasteiger partial charge in [-0.05, 0) is 30.7 Å². The van der Waals surface area contributed by atoms with Gasteiger partial charge in [0.15, 0.2) is 6.10 Å². The van der Waals surface area contributed by atoms with E-state index in [1.807, 2.05) is 0 Å². The van der Waals surface area contributed by atoms with Crippen LogP contribution in [0.25, 0.3) is 0 Å². The van der Waals surface area contributed by atoms with Crippen LogP contribution in [0, 0.1) is 5.82 Å². The van der Waals surface area contributed by atoms with Gasteiger partial charge in [-0.3, -0.25) is 4.90 Å². The van der Waals surface area contributed by atoms with Gasteiger partial charge in [-0.25, -0.2) is 9.18 Å². The van der Waals surface area contributed by atoms with Crippen molar-refractivity contribution in [1.82, 2.24) is 4.90 Å². The van der Waals surface area contributed by atoms with Gasteiger partial charge in [0.1, 0.15) is 18.0 Å². The lowest BCUT2D eigenvalue weighted by atomic mass is 9.92. The predicted molar refractivity (Wildman–Crippen MR) is 73.6 cm³/mol. The molecule has 2 saturated heterocycles. The summed E-state index contributed by atoms with van der Waals surface area (Å²) >= 11 is 0. The van der Waals surface area contributed by atoms with Gasteiger partial charge < -0.3 is 20.1 Å². The molecular weight excluding hydrogens is 293 g/mol. The zero-order chi connectivity index (χ0) is 15.9. The monoisotopic (exact) mass is 311 g/mol. The first-order chi connectivity index (χ1) is 10.5. The molecule has 7 heteroatoms. The Morgan fingerprint density at radius 2 is 1.86 bits per heavy atom. The predicted octanol–water partition coefficient (Wildman–Crippen LogP) is -0.478. The normalized spacial score (nSPS) is 35.2. The number of nitrogens with zero attached hydrogens (tertiary/aromatic N) is 1. The number of hydrogen-bond donors (Lipinski definition) is 3. The molecule has 3 rings (SSSR count). The summed E-state index contributed by atoms with van der Waals surface area (Å²) in [5.41, 5.74) is 0.134. The van der Waals surface area contributed by atoms with Crippen molar-refractivity contribution < 1.29 is 29.2 Å². The first-order valence-electron chi connectivity index (χ1n) is 7.22. The van der Waals surface area contributed by atoms with Crippen molar-refractivity contribution in [3.63, 3.8) is 0 Å². The van der Waals surface area contributed by atoms with E-state index in [0.717, 1.165) is 12.1 Å². The fourth-order valence-corrected chi connectivity index (χ4v) is 3.21. The molecular formula is C15H18FNO5. The van der Waals surface area contributed by atoms with Crippen LogP contribution in [0.1, 0.15) is 16.8 Å². The molecule has 5 atom stereocenters. The number of carbonyl (C=O) groups is 1. The summed E-state index contributed by atoms with van der Waals surface area (Å²) in [5, 5.41) is 30.3. The zero-order valence-electron chi connectivity index (χ0n) is 11.8. The lowest BCUT2D eigenvalue weighted by Crippen LogP contribution is -2.62. The van der Waals surface area contributed by atoms with Crippen molar-refractivity contribution in [2.24, 2.45) is 0 Å². The third kappa shape index (κ3) is 2.72. The van der Waals surface area contributed by atoms with Crippen LogP contribution >= 0.6 is 0 Å². The summed E-state index contributed by atoms with van der Waals surface area (Å²) in [4.78, 5) is 13.8. The summed E-state index contributed by atoms with van der Waals surface area (Å²) in [7, 11) is 0. The second-order valence-electron chi connectivity index (χ2n) is 5.78. The van der Waals surface area contributed by atoms with Crippen LogP contribution in [0.4, 0.5) is 4.39 Å². The fourth-order valence-electron chi connectivity index (χ4n) is 3.21. The molecule has 0 saturated carbocycles. The molecule has 22 heavy (non-hydrogen) atoms. The first kappa shape index (κ1) is 15.4. The van der Waals surface area contributed by atoms with Gasteiger partial charge >= 0.3 is 5.97 Å². The molecule has 120 valence electrons. The van der Waals surface area contributed by atoms with Crippen LogP contribution in [-0.4, -0.2) is 69.7 Å². The number of halogens is 1. The molecule has 2 aliphatic heterocycles. The van der Waals surface area contributed by atoms with E-state index in [1.54, 1.807) is 4.90 Å². The lowest BCUT2D eigenvalue weighted by molar-refractivity contribution is -0.144. The number of ether oxygens (including phenoxy) is 1. The lowest BCUT2D eigenvalue weighted by Gasteiger charge is -2.42. The minimum atomic E-state index is -1.18. The van der Waals surface area contributed by atoms with Crippen molar-refractivity contribution >= 4 is 5.97 Å². The van der Waals surface area contributed by atoms with Gasteiger partial charge in [0.2, 0.25) is 0 Å². The maximum atomic E-state index is 12.9. The molecule has 2 aliphatic rings. The second-order valence-corrected chi connectivity index (χ2v) is 5.78. The van der Waals surface area contributed by atoms with Crippen LogP contribution < -0.4 is 0 Å². The van der Waals surface area contributed by atoms with E-state index in [0.29, 0.717) is 13.0 Å². The Morgan fingerprint density at radius 3 is 2.55 bits per heavy atom. The highest BCUT2D eigenvalue weighted by molar-refractivity contribution is 5.89. The Kier molecular flexibility index (Phi) is 4.14. The molecule has 0 aliphatic carbocycles. The van der Waals surface area contributed by atoms with Crippen LogP contribution in [0.5, 0.6) is 0 Å². The summed E-state index contributed by atoms with van der Waals surface area (Å²) in [6, 6.07) is 4.26. The van der Waals surface area contributed by atoms with E-state index in [4.69, 9.17) is 4.74 Å². The van der Waals surface area contributed by atoms with E-state index < -0.39 is 42.2 Å². The smallest absolute Gasteiger partial charge is 0.338 e. The van der Waals surface area contributed by atoms with E-state index in [9.17, 15) is 24.5 Å². The maximum Gasteiger partial charge on any atom is 0.338 e. The molecule has 0 unspecified atom stereocenters. The minimum Gasteiger partial charge on any atom is -0.453 e. The number of esters is 1. The van der Waals surface area contributed by atoms with Crippen LogP contribution in [0.2, 0.25) is 0 Å². The van der Waals surface area contributed by atoms with Gasteiger partial charge in [-0.2, -0.15) is 0 Å². The van der Waals surface area contributed by atoms with Crippen LogP contribution in [0.3, 0.4) is 0 Å². The number of aliphatic hydroxyl groups excluding tert-OH is 3. The number of benzene rings is 1. The summed E-state index contributed by atoms with van der Waals surface area (Å²) < 4.78 is 18.1. The molecule has 6 nitrogen and oxygen atoms in total. The van der Waals surface area contributed by atoms with Crippen molar-refractivity contribution in [2.45, 2.75) is 36.9 Å². The second kappa shape index (κ2) is 5.92. The number of aliphatic hydroxyl groups is 3. The SMILES string of the molecule is O=C(O[C@H]1[C@H](O)[C@H]2[C@@H](O)CCN2C[C@@H]1O)c1ccc(F)cc1. The Labute approximate surface area is 126 Å². The number of rotatable bonds is 2. The summed E-state index contributed by atoms with van der Waals surface area (Å²) in [6.45, 7) is 0.804. The molecule has 1 aromatic rings. The largest absolute Gasteiger partial charge is 0.453 e. The molecule has 3 N–H and O–H groups in total. The van der Waals surface area contributed by atoms with Crippen molar-refractivity contribution in [1.29, 1.82) is 0 Å². The average Bonchev–Trinajstić information content (AvgIpc) is 2.85. The molecule has 0 radical (unpaired) electrons. The molecule has 1 aromatic carbocycles. The van der Waals surface area contributed by atoms with Gasteiger partial charge in [-0.15, -0.1) is 0 Å². The summed E-state index contributed by atoms with van der Waals surface area (Å²) in [5.74, 6) is -1.22. The maximum absolute atomic E-state index is 12.9. The number of fused-ring (bicyclic) bond motifs is 1. The van der Waals surface area contributed by atoms with Gasteiger partial charge in [-0.1, -0.05) is 0 Å². The summed E-state index contributed by atoms with van der Waals surface area (Å²) in [6.07, 6.45) is -3.54. The third-order valence-electron chi connectivity index (χ3n) is 4.34. The first-order valence-corrected chi connectivity index (χ1v) is 7.22. The number of carbonyl (C=O) groups excluding carboxylic acids is 1. The molecule has 0 amide bonds. The Bertz CT molecular complexity index is 551. The Balaban J connectivity index is 1.73. The Hall–Kier alpha value is -1.54. The van der Waals surface area contributed by atoms with Gasteiger partial charge in [0, 0.05) is 13.1 Å². The highest BCUT2D eigenvalue weighted by atomic mass is 19.1. The quantitative estimate of drug-likeness (QED) is 0.639. The van der Waals surface area contributed by atoms with Crippen LogP contribution in [0.15, 0.2) is 24.3 Å². The topological polar surface area (TPSA) is 90.2 Å². The number of piperidine rings is 1.